The average molecular weight is 343 g/mol. The van der Waals surface area contributed by atoms with Gasteiger partial charge >= 0.3 is 0 Å². The summed E-state index contributed by atoms with van der Waals surface area (Å²) in [4.78, 5) is 11.1. The Morgan fingerprint density at radius 1 is 1.57 bits per heavy atom. The topological polar surface area (TPSA) is 17.1 Å². The maximum absolute atomic E-state index is 11.1. The second-order valence-electron chi connectivity index (χ2n) is 2.96. The van der Waals surface area contributed by atoms with E-state index < -0.39 is 5.38 Å². The minimum atomic E-state index is -0.561. The van der Waals surface area contributed by atoms with Gasteiger partial charge in [0.15, 0.2) is 5.78 Å². The van der Waals surface area contributed by atoms with Crippen LogP contribution in [0.1, 0.15) is 23.4 Å². The summed E-state index contributed by atoms with van der Waals surface area (Å²) in [7, 11) is 0. The molecule has 1 aromatic rings. The molecule has 1 rings (SSSR count). The van der Waals surface area contributed by atoms with Crippen molar-refractivity contribution in [1.29, 1.82) is 0 Å². The zero-order valence-corrected chi connectivity index (χ0v) is 11.2. The van der Waals surface area contributed by atoms with Crippen LogP contribution in [0.25, 0.3) is 0 Å². The van der Waals surface area contributed by atoms with Gasteiger partial charge in [0, 0.05) is 9.45 Å². The predicted molar refractivity (Wildman–Crippen MR) is 68.0 cm³/mol. The third kappa shape index (κ3) is 2.84. The largest absolute Gasteiger partial charge is 0.298 e. The molecule has 0 N–H and O–H groups in total. The van der Waals surface area contributed by atoms with Crippen LogP contribution in [0.5, 0.6) is 0 Å². The standard InChI is InChI=1S/C10H9Cl2IO/c1-6(14)10(12)7-2-3-9(13)8(4-7)5-11/h2-4,10H,5H2,1H3. The number of halogens is 3. The Balaban J connectivity index is 3.06. The lowest BCUT2D eigenvalue weighted by Gasteiger charge is -2.08. The molecule has 0 aliphatic heterocycles. The quantitative estimate of drug-likeness (QED) is 0.601. The highest BCUT2D eigenvalue weighted by Crippen LogP contribution is 2.25. The van der Waals surface area contributed by atoms with Crippen molar-refractivity contribution in [3.8, 4) is 0 Å². The molecule has 0 amide bonds. The van der Waals surface area contributed by atoms with E-state index in [2.05, 4.69) is 22.6 Å². The van der Waals surface area contributed by atoms with Crippen molar-refractivity contribution in [2.24, 2.45) is 0 Å². The maximum atomic E-state index is 11.1. The molecule has 1 aromatic carbocycles. The lowest BCUT2D eigenvalue weighted by atomic mass is 10.1. The summed E-state index contributed by atoms with van der Waals surface area (Å²) in [5.74, 6) is 0.390. The fraction of sp³-hybridized carbons (Fsp3) is 0.300. The lowest BCUT2D eigenvalue weighted by Crippen LogP contribution is -2.02. The molecule has 1 nitrogen and oxygen atoms in total. The van der Waals surface area contributed by atoms with Crippen LogP contribution in [-0.2, 0) is 10.7 Å². The smallest absolute Gasteiger partial charge is 0.152 e. The summed E-state index contributed by atoms with van der Waals surface area (Å²) in [6.07, 6.45) is 0. The number of alkyl halides is 2. The fourth-order valence-electron chi connectivity index (χ4n) is 1.09. The molecule has 1 unspecified atom stereocenters. The Morgan fingerprint density at radius 2 is 2.21 bits per heavy atom. The van der Waals surface area contributed by atoms with Crippen LogP contribution in [0.15, 0.2) is 18.2 Å². The summed E-state index contributed by atoms with van der Waals surface area (Å²) in [5, 5.41) is -0.561. The van der Waals surface area contributed by atoms with Crippen molar-refractivity contribution in [1.82, 2.24) is 0 Å². The molecule has 0 aliphatic rings. The van der Waals surface area contributed by atoms with Gasteiger partial charge in [-0.2, -0.15) is 0 Å². The molecule has 4 heteroatoms. The molecule has 0 saturated heterocycles. The summed E-state index contributed by atoms with van der Waals surface area (Å²) in [6.45, 7) is 1.48. The zero-order valence-electron chi connectivity index (χ0n) is 7.56. The van der Waals surface area contributed by atoms with Gasteiger partial charge in [-0.05, 0) is 46.7 Å². The van der Waals surface area contributed by atoms with Crippen molar-refractivity contribution >= 4 is 51.6 Å². The van der Waals surface area contributed by atoms with Crippen molar-refractivity contribution < 1.29 is 4.79 Å². The molecule has 0 bridgehead atoms. The predicted octanol–water partition coefficient (Wildman–Crippen LogP) is 3.90. The van der Waals surface area contributed by atoms with Crippen LogP contribution < -0.4 is 0 Å². The maximum Gasteiger partial charge on any atom is 0.152 e. The Hall–Kier alpha value is 0.200. The number of hydrogen-bond acceptors (Lipinski definition) is 1. The van der Waals surface area contributed by atoms with E-state index in [0.717, 1.165) is 14.7 Å². The van der Waals surface area contributed by atoms with Gasteiger partial charge in [0.2, 0.25) is 0 Å². The van der Waals surface area contributed by atoms with Gasteiger partial charge in [0.25, 0.3) is 0 Å². The first kappa shape index (κ1) is 12.3. The van der Waals surface area contributed by atoms with Gasteiger partial charge in [-0.3, -0.25) is 4.79 Å². The highest BCUT2D eigenvalue weighted by molar-refractivity contribution is 14.1. The van der Waals surface area contributed by atoms with Crippen LogP contribution in [0.3, 0.4) is 0 Å². The van der Waals surface area contributed by atoms with E-state index in [0.29, 0.717) is 5.88 Å². The van der Waals surface area contributed by atoms with Gasteiger partial charge < -0.3 is 0 Å². The van der Waals surface area contributed by atoms with Crippen molar-refractivity contribution in [2.45, 2.75) is 18.2 Å². The van der Waals surface area contributed by atoms with E-state index in [9.17, 15) is 4.79 Å². The molecule has 76 valence electrons. The first-order valence-corrected chi connectivity index (χ1v) is 6.10. The molecule has 14 heavy (non-hydrogen) atoms. The van der Waals surface area contributed by atoms with Gasteiger partial charge in [0.05, 0.1) is 0 Å². The third-order valence-electron chi connectivity index (χ3n) is 1.86. The van der Waals surface area contributed by atoms with Crippen LogP contribution >= 0.6 is 45.8 Å². The molecular weight excluding hydrogens is 334 g/mol. The highest BCUT2D eigenvalue weighted by atomic mass is 127. The summed E-state index contributed by atoms with van der Waals surface area (Å²) in [5.41, 5.74) is 1.83. The van der Waals surface area contributed by atoms with Crippen LogP contribution in [-0.4, -0.2) is 5.78 Å². The molecule has 0 aliphatic carbocycles. The minimum Gasteiger partial charge on any atom is -0.298 e. The number of ketones is 1. The highest BCUT2D eigenvalue weighted by Gasteiger charge is 2.13. The number of benzene rings is 1. The van der Waals surface area contributed by atoms with Crippen LogP contribution in [0.4, 0.5) is 0 Å². The summed E-state index contributed by atoms with van der Waals surface area (Å²) < 4.78 is 1.09. The van der Waals surface area contributed by atoms with E-state index in [1.54, 1.807) is 0 Å². The van der Waals surface area contributed by atoms with E-state index in [-0.39, 0.29) is 5.78 Å². The minimum absolute atomic E-state index is 0.0478. The van der Waals surface area contributed by atoms with Crippen LogP contribution in [0.2, 0.25) is 0 Å². The van der Waals surface area contributed by atoms with Gasteiger partial charge in [-0.25, -0.2) is 0 Å². The van der Waals surface area contributed by atoms with Gasteiger partial charge in [-0.1, -0.05) is 12.1 Å². The second-order valence-corrected chi connectivity index (χ2v) is 4.82. The Bertz CT molecular complexity index is 352. The average Bonchev–Trinajstić information content (AvgIpc) is 2.17. The monoisotopic (exact) mass is 342 g/mol. The first-order valence-electron chi connectivity index (χ1n) is 4.05. The molecule has 1 atom stereocenters. The Labute approximate surface area is 107 Å². The number of rotatable bonds is 3. The van der Waals surface area contributed by atoms with E-state index >= 15 is 0 Å². The molecule has 0 radical (unpaired) electrons. The number of carbonyl (C=O) groups excluding carboxylic acids is 1. The van der Waals surface area contributed by atoms with E-state index in [4.69, 9.17) is 23.2 Å². The Kier molecular flexibility index (Phi) is 4.67. The molecule has 0 spiro atoms. The number of carbonyl (C=O) groups is 1. The third-order valence-corrected chi connectivity index (χ3v) is 3.76. The number of Topliss-reactive ketones (excluding diaryl/α,β-unsaturated/α-hetero) is 1. The molecule has 0 heterocycles. The summed E-state index contributed by atoms with van der Waals surface area (Å²) >= 11 is 13.9. The lowest BCUT2D eigenvalue weighted by molar-refractivity contribution is -0.116. The SMILES string of the molecule is CC(=O)C(Cl)c1ccc(I)c(CCl)c1. The first-order chi connectivity index (χ1) is 6.56. The summed E-state index contributed by atoms with van der Waals surface area (Å²) in [6, 6.07) is 5.66. The van der Waals surface area contributed by atoms with Gasteiger partial charge in [0.1, 0.15) is 5.38 Å². The van der Waals surface area contributed by atoms with E-state index in [1.165, 1.54) is 6.92 Å². The zero-order chi connectivity index (χ0) is 10.7. The Morgan fingerprint density at radius 3 is 2.71 bits per heavy atom. The van der Waals surface area contributed by atoms with Crippen molar-refractivity contribution in [3.63, 3.8) is 0 Å². The van der Waals surface area contributed by atoms with Crippen molar-refractivity contribution in [3.05, 3.63) is 32.9 Å². The number of hydrogen-bond donors (Lipinski definition) is 0. The molecular formula is C10H9Cl2IO. The molecule has 0 saturated carbocycles. The fourth-order valence-corrected chi connectivity index (χ4v) is 2.20. The second kappa shape index (κ2) is 5.33. The molecule has 0 fully saturated rings. The molecule has 0 aromatic heterocycles. The van der Waals surface area contributed by atoms with E-state index in [1.807, 2.05) is 18.2 Å². The normalized spacial score (nSPS) is 12.6. The van der Waals surface area contributed by atoms with Crippen LogP contribution in [0, 0.1) is 3.57 Å². The van der Waals surface area contributed by atoms with Gasteiger partial charge in [-0.15, -0.1) is 23.2 Å². The van der Waals surface area contributed by atoms with Crippen molar-refractivity contribution in [2.75, 3.05) is 0 Å².